The molecule has 0 saturated carbocycles. The van der Waals surface area contributed by atoms with Crippen LogP contribution in [0.2, 0.25) is 0 Å². The van der Waals surface area contributed by atoms with Gasteiger partial charge in [0.1, 0.15) is 5.52 Å². The quantitative estimate of drug-likeness (QED) is 0.570. The lowest BCUT2D eigenvalue weighted by molar-refractivity contribution is 0.102. The molecule has 5 rings (SSSR count). The van der Waals surface area contributed by atoms with Crippen molar-refractivity contribution in [2.45, 2.75) is 51.1 Å². The number of nitrogens with one attached hydrogen (secondary N) is 2. The van der Waals surface area contributed by atoms with Gasteiger partial charge >= 0.3 is 0 Å². The Morgan fingerprint density at radius 3 is 2.66 bits per heavy atom. The van der Waals surface area contributed by atoms with Crippen molar-refractivity contribution in [3.05, 3.63) is 59.5 Å². The van der Waals surface area contributed by atoms with E-state index in [4.69, 9.17) is 4.42 Å². The second kappa shape index (κ2) is 10.0. The van der Waals surface area contributed by atoms with Gasteiger partial charge in [0.15, 0.2) is 5.58 Å². The van der Waals surface area contributed by atoms with E-state index in [0.717, 1.165) is 61.7 Å². The number of benzene rings is 2. The number of likely N-dealkylation sites (tertiary alicyclic amines) is 1. The van der Waals surface area contributed by atoms with Crippen LogP contribution in [0, 0.1) is 0 Å². The molecule has 3 aromatic rings. The number of piperidine rings is 1. The number of nitrogens with zero attached hydrogens (tertiary/aromatic N) is 2. The Morgan fingerprint density at radius 1 is 1.16 bits per heavy atom. The second-order valence-corrected chi connectivity index (χ2v) is 8.85. The SMILES string of the molecule is C[C@H]1CCCN1Cc1nc2cc(NC(=O)c3ccc(C4CCNCC4)cc3)ccc2o1.Cl. The molecule has 0 aliphatic carbocycles. The molecule has 0 radical (unpaired) electrons. The molecular weight excluding hydrogens is 424 g/mol. The Bertz CT molecular complexity index is 1060. The molecule has 2 fully saturated rings. The summed E-state index contributed by atoms with van der Waals surface area (Å²) < 4.78 is 5.92. The average Bonchev–Trinajstić information content (AvgIpc) is 3.39. The van der Waals surface area contributed by atoms with Gasteiger partial charge in [0.2, 0.25) is 5.89 Å². The minimum atomic E-state index is -0.106. The first-order chi connectivity index (χ1) is 15.2. The van der Waals surface area contributed by atoms with Gasteiger partial charge in [-0.1, -0.05) is 12.1 Å². The van der Waals surface area contributed by atoms with Gasteiger partial charge in [0.25, 0.3) is 5.91 Å². The maximum atomic E-state index is 12.7. The third-order valence-corrected chi connectivity index (χ3v) is 6.70. The molecule has 2 aliphatic heterocycles. The van der Waals surface area contributed by atoms with Gasteiger partial charge in [-0.3, -0.25) is 9.69 Å². The van der Waals surface area contributed by atoms with Gasteiger partial charge in [-0.05, 0) is 94.1 Å². The van der Waals surface area contributed by atoms with E-state index in [0.29, 0.717) is 17.5 Å². The van der Waals surface area contributed by atoms with Crippen molar-refractivity contribution in [2.24, 2.45) is 0 Å². The fraction of sp³-hybridized carbons (Fsp3) is 0.440. The van der Waals surface area contributed by atoms with Crippen molar-refractivity contribution in [3.63, 3.8) is 0 Å². The smallest absolute Gasteiger partial charge is 0.255 e. The summed E-state index contributed by atoms with van der Waals surface area (Å²) in [6.07, 6.45) is 4.77. The van der Waals surface area contributed by atoms with Crippen molar-refractivity contribution >= 4 is 35.1 Å². The van der Waals surface area contributed by atoms with Crippen molar-refractivity contribution < 1.29 is 9.21 Å². The molecule has 0 bridgehead atoms. The highest BCUT2D eigenvalue weighted by Crippen LogP contribution is 2.26. The van der Waals surface area contributed by atoms with Gasteiger partial charge in [-0.25, -0.2) is 4.98 Å². The molecule has 6 nitrogen and oxygen atoms in total. The van der Waals surface area contributed by atoms with E-state index in [1.165, 1.54) is 18.4 Å². The average molecular weight is 455 g/mol. The molecule has 0 unspecified atom stereocenters. The summed E-state index contributed by atoms with van der Waals surface area (Å²) in [4.78, 5) is 19.8. The first-order valence-corrected chi connectivity index (χ1v) is 11.4. The first kappa shape index (κ1) is 22.8. The van der Waals surface area contributed by atoms with Gasteiger partial charge < -0.3 is 15.1 Å². The number of fused-ring (bicyclic) bond motifs is 1. The van der Waals surface area contributed by atoms with Crippen LogP contribution in [0.4, 0.5) is 5.69 Å². The van der Waals surface area contributed by atoms with Crippen LogP contribution in [-0.2, 0) is 6.54 Å². The molecule has 2 N–H and O–H groups in total. The zero-order chi connectivity index (χ0) is 21.2. The molecule has 7 heteroatoms. The molecule has 1 aromatic heterocycles. The number of hydrogen-bond acceptors (Lipinski definition) is 5. The monoisotopic (exact) mass is 454 g/mol. The summed E-state index contributed by atoms with van der Waals surface area (Å²) >= 11 is 0. The van der Waals surface area contributed by atoms with Crippen molar-refractivity contribution in [3.8, 4) is 0 Å². The van der Waals surface area contributed by atoms with E-state index in [1.807, 2.05) is 30.3 Å². The lowest BCUT2D eigenvalue weighted by atomic mass is 9.90. The van der Waals surface area contributed by atoms with E-state index in [-0.39, 0.29) is 18.3 Å². The van der Waals surface area contributed by atoms with Crippen LogP contribution in [0.3, 0.4) is 0 Å². The maximum absolute atomic E-state index is 12.7. The molecule has 1 amide bonds. The molecular formula is C25H31ClN4O2. The number of halogens is 1. The molecule has 1 atom stereocenters. The molecule has 2 aromatic carbocycles. The maximum Gasteiger partial charge on any atom is 0.255 e. The lowest BCUT2D eigenvalue weighted by Crippen LogP contribution is -2.26. The number of carbonyl (C=O) groups excluding carboxylic acids is 1. The van der Waals surface area contributed by atoms with Crippen molar-refractivity contribution in [2.75, 3.05) is 25.0 Å². The summed E-state index contributed by atoms with van der Waals surface area (Å²) in [6.45, 7) is 6.22. The molecule has 2 saturated heterocycles. The molecule has 0 spiro atoms. The molecule has 32 heavy (non-hydrogen) atoms. The topological polar surface area (TPSA) is 70.4 Å². The van der Waals surface area contributed by atoms with Crippen molar-refractivity contribution in [1.29, 1.82) is 0 Å². The fourth-order valence-corrected chi connectivity index (χ4v) is 4.79. The molecule has 170 valence electrons. The van der Waals surface area contributed by atoms with Gasteiger partial charge in [0.05, 0.1) is 6.54 Å². The number of aromatic nitrogens is 1. The number of amides is 1. The van der Waals surface area contributed by atoms with Gasteiger partial charge in [-0.15, -0.1) is 12.4 Å². The van der Waals surface area contributed by atoms with Crippen LogP contribution in [0.1, 0.15) is 60.3 Å². The number of carbonyl (C=O) groups is 1. The van der Waals surface area contributed by atoms with Crippen LogP contribution in [0.25, 0.3) is 11.1 Å². The Hall–Kier alpha value is -2.41. The Balaban J connectivity index is 0.00000245. The number of anilines is 1. The van der Waals surface area contributed by atoms with E-state index >= 15 is 0 Å². The summed E-state index contributed by atoms with van der Waals surface area (Å²) in [5, 5.41) is 6.39. The summed E-state index contributed by atoms with van der Waals surface area (Å²) in [7, 11) is 0. The molecule has 2 aliphatic rings. The first-order valence-electron chi connectivity index (χ1n) is 11.4. The van der Waals surface area contributed by atoms with Gasteiger partial charge in [-0.2, -0.15) is 0 Å². The summed E-state index contributed by atoms with van der Waals surface area (Å²) in [5.41, 5.74) is 4.25. The summed E-state index contributed by atoms with van der Waals surface area (Å²) in [6, 6.07) is 14.3. The zero-order valence-electron chi connectivity index (χ0n) is 18.5. The largest absolute Gasteiger partial charge is 0.439 e. The van der Waals surface area contributed by atoms with Gasteiger partial charge in [0, 0.05) is 17.3 Å². The van der Waals surface area contributed by atoms with Crippen LogP contribution >= 0.6 is 12.4 Å². The third-order valence-electron chi connectivity index (χ3n) is 6.70. The Morgan fingerprint density at radius 2 is 1.94 bits per heavy atom. The van der Waals surface area contributed by atoms with E-state index in [2.05, 4.69) is 39.6 Å². The minimum absolute atomic E-state index is 0. The highest BCUT2D eigenvalue weighted by atomic mass is 35.5. The second-order valence-electron chi connectivity index (χ2n) is 8.85. The van der Waals surface area contributed by atoms with E-state index in [1.54, 1.807) is 0 Å². The van der Waals surface area contributed by atoms with Crippen molar-refractivity contribution in [1.82, 2.24) is 15.2 Å². The van der Waals surface area contributed by atoms with Crippen LogP contribution in [-0.4, -0.2) is 41.5 Å². The third kappa shape index (κ3) is 4.98. The predicted octanol–water partition coefficient (Wildman–Crippen LogP) is 4.95. The van der Waals surface area contributed by atoms with E-state index in [9.17, 15) is 4.79 Å². The normalized spacial score (nSPS) is 19.7. The minimum Gasteiger partial charge on any atom is -0.439 e. The van der Waals surface area contributed by atoms with Crippen LogP contribution in [0.15, 0.2) is 46.9 Å². The Labute approximate surface area is 195 Å². The highest BCUT2D eigenvalue weighted by Gasteiger charge is 2.22. The highest BCUT2D eigenvalue weighted by molar-refractivity contribution is 6.04. The fourth-order valence-electron chi connectivity index (χ4n) is 4.79. The van der Waals surface area contributed by atoms with Crippen LogP contribution in [0.5, 0.6) is 0 Å². The number of hydrogen-bond donors (Lipinski definition) is 2. The predicted molar refractivity (Wildman–Crippen MR) is 130 cm³/mol. The summed E-state index contributed by atoms with van der Waals surface area (Å²) in [5.74, 6) is 1.22. The Kier molecular flexibility index (Phi) is 7.13. The van der Waals surface area contributed by atoms with Crippen LogP contribution < -0.4 is 10.6 Å². The number of rotatable bonds is 5. The molecule has 3 heterocycles. The standard InChI is InChI=1S/C25H30N4O2.ClH/c1-17-3-2-14-29(17)16-24-28-22-15-21(8-9-23(22)31-24)27-25(30)20-6-4-18(5-7-20)19-10-12-26-13-11-19;/h4-9,15,17,19,26H,2-3,10-14,16H2,1H3,(H,27,30);1H/t17-;/m0./s1. The lowest BCUT2D eigenvalue weighted by Gasteiger charge is -2.23. The van der Waals surface area contributed by atoms with E-state index < -0.39 is 0 Å². The zero-order valence-corrected chi connectivity index (χ0v) is 19.3. The number of oxazole rings is 1.